The number of hydrogen-bond acceptors (Lipinski definition) is 2. The van der Waals surface area contributed by atoms with E-state index in [0.717, 1.165) is 12.8 Å². The molecule has 5 nitrogen and oxygen atoms in total. The summed E-state index contributed by atoms with van der Waals surface area (Å²) in [6.45, 7) is 9.19. The van der Waals surface area contributed by atoms with Gasteiger partial charge < -0.3 is 0 Å². The molecule has 0 radical (unpaired) electrons. The van der Waals surface area contributed by atoms with E-state index in [1.54, 1.807) is 13.9 Å². The summed E-state index contributed by atoms with van der Waals surface area (Å²) >= 11 is 0. The molecule has 4 bridgehead atoms. The highest BCUT2D eigenvalue weighted by Gasteiger charge is 2.63. The molecule has 4 aliphatic carbocycles. The van der Waals surface area contributed by atoms with Gasteiger partial charge in [-0.3, -0.25) is 0 Å². The van der Waals surface area contributed by atoms with Gasteiger partial charge in [-0.1, -0.05) is 52.0 Å². The molecular weight excluding hydrogens is 326 g/mol. The fourth-order valence-corrected chi connectivity index (χ4v) is 7.24. The molecule has 2 aliphatic heterocycles. The number of hydrogen-bond donors (Lipinski definition) is 0. The summed E-state index contributed by atoms with van der Waals surface area (Å²) in [7, 11) is 0. The fraction of sp³-hybridized carbons (Fsp3) is 0.714. The van der Waals surface area contributed by atoms with Crippen LogP contribution < -0.4 is 11.4 Å². The zero-order valence-electron chi connectivity index (χ0n) is 16.0. The second kappa shape index (κ2) is 4.05. The highest BCUT2D eigenvalue weighted by molar-refractivity contribution is 5.33. The van der Waals surface area contributed by atoms with Crippen molar-refractivity contribution < 1.29 is 0 Å². The number of allylic oxidation sites excluding steroid dienone is 4. The zero-order chi connectivity index (χ0) is 18.2. The van der Waals surface area contributed by atoms with Crippen molar-refractivity contribution in [1.82, 2.24) is 13.9 Å². The summed E-state index contributed by atoms with van der Waals surface area (Å²) in [4.78, 5) is 27.0. The third-order valence-corrected chi connectivity index (χ3v) is 9.52. The van der Waals surface area contributed by atoms with Gasteiger partial charge in [0.25, 0.3) is 0 Å². The van der Waals surface area contributed by atoms with Gasteiger partial charge in [-0.15, -0.1) is 0 Å². The molecule has 0 saturated heterocycles. The Morgan fingerprint density at radius 1 is 1.00 bits per heavy atom. The molecule has 1 aromatic heterocycles. The van der Waals surface area contributed by atoms with E-state index in [-0.39, 0.29) is 45.7 Å². The van der Waals surface area contributed by atoms with E-state index in [1.165, 1.54) is 6.42 Å². The van der Waals surface area contributed by atoms with Gasteiger partial charge in [-0.2, -0.15) is 0 Å². The van der Waals surface area contributed by atoms with Gasteiger partial charge >= 0.3 is 11.4 Å². The molecule has 0 amide bonds. The summed E-state index contributed by atoms with van der Waals surface area (Å²) in [5.74, 6) is 0.938. The fourth-order valence-electron chi connectivity index (χ4n) is 7.24. The van der Waals surface area contributed by atoms with E-state index in [1.807, 2.05) is 0 Å². The molecule has 5 heteroatoms. The molecule has 7 rings (SSSR count). The van der Waals surface area contributed by atoms with E-state index < -0.39 is 0 Å². The SMILES string of the molecule is CC1(C)[C@@H]2CC[C@]1(C)[C@H](n1c(=O)n3n(c1=O)[C@@H]1C=C[C@@H]3[C@@H]3C=C[C@@]31C)C2. The van der Waals surface area contributed by atoms with Crippen molar-refractivity contribution in [2.24, 2.45) is 28.1 Å². The lowest BCUT2D eigenvalue weighted by Gasteiger charge is -2.55. The summed E-state index contributed by atoms with van der Waals surface area (Å²) < 4.78 is 5.18. The van der Waals surface area contributed by atoms with Gasteiger partial charge in [0.2, 0.25) is 0 Å². The summed E-state index contributed by atoms with van der Waals surface area (Å²) in [6, 6.07) is -0.0288. The molecule has 1 aromatic rings. The molecule has 0 N–H and O–H groups in total. The van der Waals surface area contributed by atoms with E-state index in [9.17, 15) is 9.59 Å². The molecular formula is C21H27N3O2. The predicted octanol–water partition coefficient (Wildman–Crippen LogP) is 3.06. The zero-order valence-corrected chi connectivity index (χ0v) is 16.0. The van der Waals surface area contributed by atoms with Crippen molar-refractivity contribution in [2.45, 2.75) is 65.1 Å². The number of fused-ring (bicyclic) bond motifs is 2. The Hall–Kier alpha value is -1.78. The second-order valence-electron chi connectivity index (χ2n) is 10.3. The Labute approximate surface area is 153 Å². The summed E-state index contributed by atoms with van der Waals surface area (Å²) in [5, 5.41) is 0. The van der Waals surface area contributed by atoms with Gasteiger partial charge in [-0.25, -0.2) is 23.5 Å². The Kier molecular flexibility index (Phi) is 2.38. The van der Waals surface area contributed by atoms with Crippen LogP contribution in [-0.4, -0.2) is 13.9 Å². The predicted molar refractivity (Wildman–Crippen MR) is 99.2 cm³/mol. The summed E-state index contributed by atoms with van der Waals surface area (Å²) in [5.41, 5.74) is -0.0119. The van der Waals surface area contributed by atoms with Crippen molar-refractivity contribution in [2.75, 3.05) is 0 Å². The normalized spacial score (nSPS) is 48.5. The van der Waals surface area contributed by atoms with Gasteiger partial charge in [0, 0.05) is 17.4 Å². The van der Waals surface area contributed by atoms with Crippen LogP contribution in [0.3, 0.4) is 0 Å². The van der Waals surface area contributed by atoms with Gasteiger partial charge in [-0.05, 0) is 36.0 Å². The van der Waals surface area contributed by atoms with Crippen LogP contribution in [-0.2, 0) is 0 Å². The molecule has 6 aliphatic rings. The Morgan fingerprint density at radius 3 is 2.31 bits per heavy atom. The first-order valence-corrected chi connectivity index (χ1v) is 10.0. The van der Waals surface area contributed by atoms with E-state index in [0.29, 0.717) is 11.8 Å². The van der Waals surface area contributed by atoms with Crippen LogP contribution in [0.5, 0.6) is 0 Å². The minimum absolute atomic E-state index is 0.0177. The number of aromatic nitrogens is 3. The number of rotatable bonds is 1. The van der Waals surface area contributed by atoms with Crippen molar-refractivity contribution >= 4 is 0 Å². The van der Waals surface area contributed by atoms with E-state index in [4.69, 9.17) is 0 Å². The standard InChI is InChI=1S/C21H27N3O2/c1-19(2)12-7-10-21(19,4)16(11-12)22-17(25)23-14-5-6-15(24(23)18(22)26)20(3)9-8-13(14)20/h5-6,8-9,12-16H,7,10-11H2,1-4H3/t12-,13+,14-,15-,16-,20+,21-/m1/s1. The Bertz CT molecular complexity index is 1020. The average Bonchev–Trinajstić information content (AvgIpc) is 3.04. The molecule has 26 heavy (non-hydrogen) atoms. The van der Waals surface area contributed by atoms with Gasteiger partial charge in [0.1, 0.15) is 0 Å². The first-order chi connectivity index (χ1) is 12.2. The van der Waals surface area contributed by atoms with Crippen LogP contribution in [0, 0.1) is 28.1 Å². The molecule has 2 saturated carbocycles. The molecule has 0 spiro atoms. The smallest absolute Gasteiger partial charge is 0.246 e. The molecule has 2 fully saturated rings. The molecule has 7 atom stereocenters. The lowest BCUT2D eigenvalue weighted by molar-refractivity contribution is 0.0553. The monoisotopic (exact) mass is 353 g/mol. The second-order valence-corrected chi connectivity index (χ2v) is 10.3. The van der Waals surface area contributed by atoms with Crippen molar-refractivity contribution in [3.8, 4) is 0 Å². The quantitative estimate of drug-likeness (QED) is 0.729. The van der Waals surface area contributed by atoms with Crippen LogP contribution >= 0.6 is 0 Å². The third kappa shape index (κ3) is 1.29. The van der Waals surface area contributed by atoms with Crippen molar-refractivity contribution in [1.29, 1.82) is 0 Å². The van der Waals surface area contributed by atoms with Crippen LogP contribution in [0.4, 0.5) is 0 Å². The summed E-state index contributed by atoms with van der Waals surface area (Å²) in [6.07, 6.45) is 12.0. The highest BCUT2D eigenvalue weighted by atomic mass is 16.2. The van der Waals surface area contributed by atoms with Crippen LogP contribution in [0.2, 0.25) is 0 Å². The molecule has 0 aromatic carbocycles. The average molecular weight is 353 g/mol. The molecule has 3 heterocycles. The maximum absolute atomic E-state index is 13.5. The topological polar surface area (TPSA) is 48.9 Å². The van der Waals surface area contributed by atoms with Crippen LogP contribution in [0.1, 0.15) is 65.1 Å². The van der Waals surface area contributed by atoms with Crippen LogP contribution in [0.25, 0.3) is 0 Å². The lowest BCUT2D eigenvalue weighted by Crippen LogP contribution is -2.55. The first kappa shape index (κ1) is 15.3. The maximum atomic E-state index is 13.5. The first-order valence-electron chi connectivity index (χ1n) is 10.0. The van der Waals surface area contributed by atoms with E-state index >= 15 is 0 Å². The van der Waals surface area contributed by atoms with Gasteiger partial charge in [0.15, 0.2) is 0 Å². The lowest BCUT2D eigenvalue weighted by atomic mass is 9.57. The maximum Gasteiger partial charge on any atom is 0.348 e. The largest absolute Gasteiger partial charge is 0.348 e. The van der Waals surface area contributed by atoms with Crippen molar-refractivity contribution in [3.05, 3.63) is 45.3 Å². The third-order valence-electron chi connectivity index (χ3n) is 9.52. The Balaban J connectivity index is 1.57. The Morgan fingerprint density at radius 2 is 1.73 bits per heavy atom. The highest BCUT2D eigenvalue weighted by Crippen LogP contribution is 2.69. The molecule has 138 valence electrons. The molecule has 0 unspecified atom stereocenters. The van der Waals surface area contributed by atoms with Crippen molar-refractivity contribution in [3.63, 3.8) is 0 Å². The van der Waals surface area contributed by atoms with Crippen LogP contribution in [0.15, 0.2) is 33.9 Å². The van der Waals surface area contributed by atoms with E-state index in [2.05, 4.69) is 52.0 Å². The minimum atomic E-state index is -0.0936. The van der Waals surface area contributed by atoms with Gasteiger partial charge in [0.05, 0.1) is 12.1 Å². The minimum Gasteiger partial charge on any atom is -0.246 e. The number of nitrogens with zero attached hydrogens (tertiary/aromatic N) is 3.